The van der Waals surface area contributed by atoms with Gasteiger partial charge in [-0.15, -0.1) is 22.7 Å². The van der Waals surface area contributed by atoms with E-state index in [-0.39, 0.29) is 0 Å². The topological polar surface area (TPSA) is 34.2 Å². The van der Waals surface area contributed by atoms with Gasteiger partial charge in [-0.1, -0.05) is 19.9 Å². The van der Waals surface area contributed by atoms with Crippen LogP contribution in [0.3, 0.4) is 0 Å². The number of nitrogens with one attached hydrogen (secondary N) is 1. The molecule has 104 valence electrons. The fourth-order valence-electron chi connectivity index (χ4n) is 1.59. The molecule has 0 saturated heterocycles. The molecule has 2 heterocycles. The first-order valence-corrected chi connectivity index (χ1v) is 8.27. The molecule has 0 spiro atoms. The highest BCUT2D eigenvalue weighted by Gasteiger charge is 2.03. The van der Waals surface area contributed by atoms with E-state index in [4.69, 9.17) is 4.74 Å². The first kappa shape index (κ1) is 14.7. The minimum Gasteiger partial charge on any atom is -0.375 e. The van der Waals surface area contributed by atoms with Crippen molar-refractivity contribution < 1.29 is 4.74 Å². The molecule has 0 bridgehead atoms. The summed E-state index contributed by atoms with van der Waals surface area (Å²) in [5.74, 6) is 0. The van der Waals surface area contributed by atoms with E-state index in [0.717, 1.165) is 30.3 Å². The van der Waals surface area contributed by atoms with Crippen LogP contribution in [-0.4, -0.2) is 17.6 Å². The number of nitrogens with zero attached hydrogens (tertiary/aromatic N) is 1. The van der Waals surface area contributed by atoms with Gasteiger partial charge >= 0.3 is 0 Å². The lowest BCUT2D eigenvalue weighted by Gasteiger charge is -2.04. The summed E-state index contributed by atoms with van der Waals surface area (Å²) >= 11 is 3.48. The minimum atomic E-state index is 0.495. The number of rotatable bonds is 8. The molecule has 2 aromatic rings. The molecule has 0 saturated carbocycles. The van der Waals surface area contributed by atoms with Gasteiger partial charge in [-0.05, 0) is 11.4 Å². The Hall–Kier alpha value is -0.750. The molecule has 2 aromatic heterocycles. The Morgan fingerprint density at radius 1 is 1.37 bits per heavy atom. The van der Waals surface area contributed by atoms with Gasteiger partial charge in [-0.3, -0.25) is 0 Å². The predicted octanol–water partition coefficient (Wildman–Crippen LogP) is 3.46. The zero-order valence-corrected chi connectivity index (χ0v) is 13.0. The van der Waals surface area contributed by atoms with Crippen LogP contribution < -0.4 is 5.32 Å². The van der Waals surface area contributed by atoms with Crippen molar-refractivity contribution >= 4 is 22.7 Å². The summed E-state index contributed by atoms with van der Waals surface area (Å²) in [5.41, 5.74) is 1.04. The van der Waals surface area contributed by atoms with E-state index in [1.807, 2.05) is 0 Å². The summed E-state index contributed by atoms with van der Waals surface area (Å²) in [4.78, 5) is 5.93. The third-order valence-corrected chi connectivity index (χ3v) is 4.42. The molecular formula is C14H20N2OS2. The van der Waals surface area contributed by atoms with Gasteiger partial charge in [0.05, 0.1) is 18.9 Å². The summed E-state index contributed by atoms with van der Waals surface area (Å²) in [7, 11) is 0. The second-order valence-electron chi connectivity index (χ2n) is 4.65. The fraction of sp³-hybridized carbons (Fsp3) is 0.500. The van der Waals surface area contributed by atoms with E-state index in [2.05, 4.69) is 47.0 Å². The molecule has 2 rings (SSSR count). The van der Waals surface area contributed by atoms with Crippen LogP contribution >= 0.6 is 22.7 Å². The Kier molecular flexibility index (Phi) is 5.97. The lowest BCUT2D eigenvalue weighted by molar-refractivity contribution is 0.122. The number of hydrogen-bond donors (Lipinski definition) is 1. The fourth-order valence-corrected chi connectivity index (χ4v) is 3.01. The standard InChI is InChI=1S/C14H20N2OS2/c1-11(2)15-8-14-16-12(10-19-14)9-17-6-5-13-4-3-7-18-13/h3-4,7,10-11,15H,5-6,8-9H2,1-2H3. The van der Waals surface area contributed by atoms with E-state index in [0.29, 0.717) is 12.6 Å². The molecule has 0 aliphatic carbocycles. The van der Waals surface area contributed by atoms with Gasteiger partial charge in [0, 0.05) is 29.3 Å². The smallest absolute Gasteiger partial charge is 0.107 e. The lowest BCUT2D eigenvalue weighted by Crippen LogP contribution is -2.21. The predicted molar refractivity (Wildman–Crippen MR) is 81.8 cm³/mol. The van der Waals surface area contributed by atoms with Crippen LogP contribution in [0, 0.1) is 0 Å². The van der Waals surface area contributed by atoms with Gasteiger partial charge in [0.15, 0.2) is 0 Å². The van der Waals surface area contributed by atoms with Gasteiger partial charge in [0.25, 0.3) is 0 Å². The molecule has 0 radical (unpaired) electrons. The number of aromatic nitrogens is 1. The van der Waals surface area contributed by atoms with Gasteiger partial charge in [0.2, 0.25) is 0 Å². The SMILES string of the molecule is CC(C)NCc1nc(COCCc2cccs2)cs1. The normalized spacial score (nSPS) is 11.3. The maximum Gasteiger partial charge on any atom is 0.107 e. The van der Waals surface area contributed by atoms with E-state index < -0.39 is 0 Å². The van der Waals surface area contributed by atoms with Crippen molar-refractivity contribution in [2.75, 3.05) is 6.61 Å². The maximum atomic E-state index is 5.66. The third-order valence-electron chi connectivity index (χ3n) is 2.58. The highest BCUT2D eigenvalue weighted by atomic mass is 32.1. The first-order chi connectivity index (χ1) is 9.24. The van der Waals surface area contributed by atoms with Gasteiger partial charge < -0.3 is 10.1 Å². The van der Waals surface area contributed by atoms with Crippen molar-refractivity contribution in [1.29, 1.82) is 0 Å². The molecule has 0 aromatic carbocycles. The summed E-state index contributed by atoms with van der Waals surface area (Å²) in [5, 5.41) is 8.69. The second kappa shape index (κ2) is 7.75. The van der Waals surface area contributed by atoms with Crippen molar-refractivity contribution in [3.05, 3.63) is 38.5 Å². The first-order valence-electron chi connectivity index (χ1n) is 6.51. The highest BCUT2D eigenvalue weighted by molar-refractivity contribution is 7.10. The molecular weight excluding hydrogens is 276 g/mol. The van der Waals surface area contributed by atoms with Crippen LogP contribution in [0.25, 0.3) is 0 Å². The molecule has 0 aliphatic heterocycles. The molecule has 3 nitrogen and oxygen atoms in total. The number of ether oxygens (including phenoxy) is 1. The molecule has 5 heteroatoms. The average Bonchev–Trinajstić information content (AvgIpc) is 3.04. The Balaban J connectivity index is 1.65. The summed E-state index contributed by atoms with van der Waals surface area (Å²) in [6.45, 7) is 6.50. The van der Waals surface area contributed by atoms with E-state index in [1.54, 1.807) is 22.7 Å². The van der Waals surface area contributed by atoms with Gasteiger partial charge in [-0.2, -0.15) is 0 Å². The van der Waals surface area contributed by atoms with Crippen LogP contribution in [0.5, 0.6) is 0 Å². The Bertz CT molecular complexity index is 466. The molecule has 0 aliphatic rings. The lowest BCUT2D eigenvalue weighted by atomic mass is 10.4. The van der Waals surface area contributed by atoms with Crippen molar-refractivity contribution in [2.24, 2.45) is 0 Å². The van der Waals surface area contributed by atoms with E-state index >= 15 is 0 Å². The van der Waals surface area contributed by atoms with Gasteiger partial charge in [-0.25, -0.2) is 4.98 Å². The minimum absolute atomic E-state index is 0.495. The molecule has 1 N–H and O–H groups in total. The van der Waals surface area contributed by atoms with E-state index in [9.17, 15) is 0 Å². The molecule has 0 amide bonds. The average molecular weight is 296 g/mol. The second-order valence-corrected chi connectivity index (χ2v) is 6.63. The number of hydrogen-bond acceptors (Lipinski definition) is 5. The molecule has 19 heavy (non-hydrogen) atoms. The summed E-state index contributed by atoms with van der Waals surface area (Å²) in [6.07, 6.45) is 0.990. The zero-order chi connectivity index (χ0) is 13.5. The van der Waals surface area contributed by atoms with Crippen molar-refractivity contribution in [2.45, 2.75) is 39.5 Å². The Morgan fingerprint density at radius 3 is 3.00 bits per heavy atom. The molecule has 0 atom stereocenters. The van der Waals surface area contributed by atoms with Crippen LogP contribution in [0.2, 0.25) is 0 Å². The quantitative estimate of drug-likeness (QED) is 0.758. The van der Waals surface area contributed by atoms with Crippen LogP contribution in [0.4, 0.5) is 0 Å². The van der Waals surface area contributed by atoms with Crippen LogP contribution in [0.15, 0.2) is 22.9 Å². The van der Waals surface area contributed by atoms with Crippen molar-refractivity contribution in [3.63, 3.8) is 0 Å². The summed E-state index contributed by atoms with van der Waals surface area (Å²) < 4.78 is 5.66. The largest absolute Gasteiger partial charge is 0.375 e. The summed E-state index contributed by atoms with van der Waals surface area (Å²) in [6, 6.07) is 4.72. The third kappa shape index (κ3) is 5.40. The zero-order valence-electron chi connectivity index (χ0n) is 11.4. The van der Waals surface area contributed by atoms with Crippen LogP contribution in [0.1, 0.15) is 29.4 Å². The maximum absolute atomic E-state index is 5.66. The highest BCUT2D eigenvalue weighted by Crippen LogP contribution is 2.12. The monoisotopic (exact) mass is 296 g/mol. The molecule has 0 fully saturated rings. The van der Waals surface area contributed by atoms with Gasteiger partial charge in [0.1, 0.15) is 5.01 Å². The van der Waals surface area contributed by atoms with Crippen LogP contribution in [-0.2, 0) is 24.3 Å². The van der Waals surface area contributed by atoms with Crippen molar-refractivity contribution in [3.8, 4) is 0 Å². The number of thiazole rings is 1. The Labute approximate surface area is 122 Å². The molecule has 0 unspecified atom stereocenters. The van der Waals surface area contributed by atoms with Crippen molar-refractivity contribution in [1.82, 2.24) is 10.3 Å². The van der Waals surface area contributed by atoms with E-state index in [1.165, 1.54) is 4.88 Å². The number of thiophene rings is 1. The Morgan fingerprint density at radius 2 is 2.26 bits per heavy atom.